The van der Waals surface area contributed by atoms with Crippen LogP contribution in [0, 0.1) is 5.82 Å². The van der Waals surface area contributed by atoms with E-state index in [4.69, 9.17) is 5.11 Å². The molecule has 14 heavy (non-hydrogen) atoms. The second kappa shape index (κ2) is 4.80. The first-order valence-corrected chi connectivity index (χ1v) is 5.23. The van der Waals surface area contributed by atoms with Gasteiger partial charge in [-0.15, -0.1) is 0 Å². The molecule has 0 fully saturated rings. The van der Waals surface area contributed by atoms with E-state index in [-0.39, 0.29) is 5.75 Å². The molecule has 6 heteroatoms. The molecule has 0 saturated carbocycles. The Labute approximate surface area is 82.2 Å². The molecule has 0 amide bonds. The molecule has 0 spiro atoms. The van der Waals surface area contributed by atoms with Gasteiger partial charge in [0.1, 0.15) is 11.6 Å². The Morgan fingerprint density at radius 3 is 2.86 bits per heavy atom. The Morgan fingerprint density at radius 2 is 2.29 bits per heavy atom. The van der Waals surface area contributed by atoms with Crippen LogP contribution in [-0.2, 0) is 21.3 Å². The molecule has 1 unspecified atom stereocenters. The number of carboxylic acid groups (broad SMARTS) is 1. The van der Waals surface area contributed by atoms with Gasteiger partial charge in [-0.05, 0) is 11.6 Å². The van der Waals surface area contributed by atoms with Gasteiger partial charge in [-0.2, -0.15) is 0 Å². The van der Waals surface area contributed by atoms with Crippen LogP contribution < -0.4 is 0 Å². The van der Waals surface area contributed by atoms with Crippen molar-refractivity contribution in [1.29, 1.82) is 0 Å². The predicted octanol–water partition coefficient (Wildman–Crippen LogP) is 0.554. The highest BCUT2D eigenvalue weighted by Gasteiger charge is 2.07. The lowest BCUT2D eigenvalue weighted by Crippen LogP contribution is -2.10. The number of rotatable bonds is 4. The minimum Gasteiger partial charge on any atom is -0.481 e. The average molecular weight is 217 g/mol. The summed E-state index contributed by atoms with van der Waals surface area (Å²) in [5, 5.41) is 8.33. The molecule has 1 N–H and O–H groups in total. The summed E-state index contributed by atoms with van der Waals surface area (Å²) < 4.78 is 23.7. The van der Waals surface area contributed by atoms with Crippen LogP contribution in [0.25, 0.3) is 0 Å². The van der Waals surface area contributed by atoms with Crippen molar-refractivity contribution in [2.45, 2.75) is 5.75 Å². The van der Waals surface area contributed by atoms with Gasteiger partial charge < -0.3 is 5.11 Å². The molecule has 0 bridgehead atoms. The third-order valence-corrected chi connectivity index (χ3v) is 2.60. The quantitative estimate of drug-likeness (QED) is 0.799. The molecule has 0 radical (unpaired) electrons. The van der Waals surface area contributed by atoms with Crippen molar-refractivity contribution in [3.8, 4) is 0 Å². The van der Waals surface area contributed by atoms with Gasteiger partial charge in [-0.25, -0.2) is 4.39 Å². The fourth-order valence-corrected chi connectivity index (χ4v) is 1.82. The SMILES string of the molecule is O=C(O)CS(=O)Cc1cncc(F)c1. The number of hydrogen-bond acceptors (Lipinski definition) is 3. The molecule has 0 aliphatic rings. The maximum absolute atomic E-state index is 12.6. The third kappa shape index (κ3) is 3.61. The van der Waals surface area contributed by atoms with Crippen molar-refractivity contribution in [3.05, 3.63) is 29.8 Å². The average Bonchev–Trinajstić information content (AvgIpc) is 2.01. The van der Waals surface area contributed by atoms with Gasteiger partial charge in [0.15, 0.2) is 0 Å². The van der Waals surface area contributed by atoms with Crippen molar-refractivity contribution in [1.82, 2.24) is 4.98 Å². The first-order chi connectivity index (χ1) is 6.58. The maximum Gasteiger partial charge on any atom is 0.316 e. The lowest BCUT2D eigenvalue weighted by molar-refractivity contribution is -0.133. The summed E-state index contributed by atoms with van der Waals surface area (Å²) in [6.45, 7) is 0. The van der Waals surface area contributed by atoms with E-state index in [2.05, 4.69) is 4.98 Å². The fraction of sp³-hybridized carbons (Fsp3) is 0.250. The minimum atomic E-state index is -1.52. The molecule has 0 aliphatic heterocycles. The van der Waals surface area contributed by atoms with Gasteiger partial charge in [0, 0.05) is 17.0 Å². The van der Waals surface area contributed by atoms with Gasteiger partial charge in [0.2, 0.25) is 0 Å². The number of halogens is 1. The Kier molecular flexibility index (Phi) is 3.70. The van der Waals surface area contributed by atoms with Crippen molar-refractivity contribution >= 4 is 16.8 Å². The highest BCUT2D eigenvalue weighted by atomic mass is 32.2. The van der Waals surface area contributed by atoms with Crippen LogP contribution in [0.1, 0.15) is 5.56 Å². The van der Waals surface area contributed by atoms with Crippen LogP contribution in [0.4, 0.5) is 4.39 Å². The predicted molar refractivity (Wildman–Crippen MR) is 48.5 cm³/mol. The van der Waals surface area contributed by atoms with Gasteiger partial charge in [-0.3, -0.25) is 14.0 Å². The van der Waals surface area contributed by atoms with Crippen LogP contribution in [0.5, 0.6) is 0 Å². The highest BCUT2D eigenvalue weighted by molar-refractivity contribution is 7.84. The van der Waals surface area contributed by atoms with Crippen molar-refractivity contribution in [2.75, 3.05) is 5.75 Å². The third-order valence-electron chi connectivity index (χ3n) is 1.37. The smallest absolute Gasteiger partial charge is 0.316 e. The van der Waals surface area contributed by atoms with Crippen molar-refractivity contribution in [3.63, 3.8) is 0 Å². The fourth-order valence-electron chi connectivity index (χ4n) is 0.909. The molecule has 4 nitrogen and oxygen atoms in total. The Morgan fingerprint density at radius 1 is 1.57 bits per heavy atom. The number of aliphatic carboxylic acids is 1. The molecule has 1 rings (SSSR count). The van der Waals surface area contributed by atoms with E-state index in [0.717, 1.165) is 6.20 Å². The number of carboxylic acids is 1. The zero-order chi connectivity index (χ0) is 10.6. The molecule has 1 atom stereocenters. The van der Waals surface area contributed by atoms with Gasteiger partial charge in [-0.1, -0.05) is 0 Å². The highest BCUT2D eigenvalue weighted by Crippen LogP contribution is 2.04. The van der Waals surface area contributed by atoms with E-state index >= 15 is 0 Å². The van der Waals surface area contributed by atoms with Crippen molar-refractivity contribution in [2.24, 2.45) is 0 Å². The largest absolute Gasteiger partial charge is 0.481 e. The summed E-state index contributed by atoms with van der Waals surface area (Å²) in [5.74, 6) is -2.07. The zero-order valence-corrected chi connectivity index (χ0v) is 7.96. The Hall–Kier alpha value is -1.30. The molecule has 1 aromatic rings. The van der Waals surface area contributed by atoms with Crippen LogP contribution in [0.3, 0.4) is 0 Å². The maximum atomic E-state index is 12.6. The second-order valence-electron chi connectivity index (χ2n) is 2.63. The van der Waals surface area contributed by atoms with E-state index in [0.29, 0.717) is 5.56 Å². The van der Waals surface area contributed by atoms with Crippen LogP contribution >= 0.6 is 0 Å². The van der Waals surface area contributed by atoms with Crippen LogP contribution in [0.2, 0.25) is 0 Å². The van der Waals surface area contributed by atoms with E-state index in [1.54, 1.807) is 0 Å². The standard InChI is InChI=1S/C8H8FNO3S/c9-7-1-6(2-10-3-7)4-14(13)5-8(11)12/h1-3H,4-5H2,(H,11,12). The first-order valence-electron chi connectivity index (χ1n) is 3.74. The summed E-state index contributed by atoms with van der Waals surface area (Å²) in [7, 11) is -1.52. The molecule has 1 heterocycles. The summed E-state index contributed by atoms with van der Waals surface area (Å²) in [6.07, 6.45) is 2.40. The summed E-state index contributed by atoms with van der Waals surface area (Å²) >= 11 is 0. The van der Waals surface area contributed by atoms with Gasteiger partial charge in [0.25, 0.3) is 0 Å². The van der Waals surface area contributed by atoms with Gasteiger partial charge in [0.05, 0.1) is 11.9 Å². The number of nitrogens with zero attached hydrogens (tertiary/aromatic N) is 1. The second-order valence-corrected chi connectivity index (χ2v) is 4.09. The lowest BCUT2D eigenvalue weighted by atomic mass is 10.3. The number of hydrogen-bond donors (Lipinski definition) is 1. The Bertz CT molecular complexity index is 369. The number of aromatic nitrogens is 1. The summed E-state index contributed by atoms with van der Waals surface area (Å²) in [5.41, 5.74) is 0.435. The monoisotopic (exact) mass is 217 g/mol. The minimum absolute atomic E-state index is 0.0110. The topological polar surface area (TPSA) is 67.3 Å². The summed E-state index contributed by atoms with van der Waals surface area (Å²) in [6, 6.07) is 1.19. The molecular formula is C8H8FNO3S. The molecule has 0 aliphatic carbocycles. The number of carbonyl (C=O) groups is 1. The number of pyridine rings is 1. The van der Waals surface area contributed by atoms with E-state index in [1.807, 2.05) is 0 Å². The molecule has 0 saturated heterocycles. The molecule has 1 aromatic heterocycles. The molecule has 76 valence electrons. The summed E-state index contributed by atoms with van der Waals surface area (Å²) in [4.78, 5) is 13.7. The zero-order valence-electron chi connectivity index (χ0n) is 7.14. The molecular weight excluding hydrogens is 209 g/mol. The first kappa shape index (κ1) is 10.8. The van der Waals surface area contributed by atoms with E-state index < -0.39 is 28.3 Å². The lowest BCUT2D eigenvalue weighted by Gasteiger charge is -1.99. The van der Waals surface area contributed by atoms with Crippen LogP contribution in [0.15, 0.2) is 18.5 Å². The Balaban J connectivity index is 2.60. The van der Waals surface area contributed by atoms with Gasteiger partial charge >= 0.3 is 5.97 Å². The van der Waals surface area contributed by atoms with E-state index in [9.17, 15) is 13.4 Å². The van der Waals surface area contributed by atoms with E-state index in [1.165, 1.54) is 12.3 Å². The van der Waals surface area contributed by atoms with Crippen LogP contribution in [-0.4, -0.2) is 26.0 Å². The normalized spacial score (nSPS) is 12.4. The van der Waals surface area contributed by atoms with Crippen molar-refractivity contribution < 1.29 is 18.5 Å². The molecule has 0 aromatic carbocycles.